The Kier molecular flexibility index (Phi) is 19.0. The highest BCUT2D eigenvalue weighted by molar-refractivity contribution is 7.47. The lowest BCUT2D eigenvalue weighted by atomic mass is 10.1. The number of phosphoric acid groups is 1. The molecule has 0 spiro atoms. The van der Waals surface area contributed by atoms with Crippen LogP contribution in [0.25, 0.3) is 0 Å². The molecule has 1 fully saturated rings. The maximum absolute atomic E-state index is 11.9. The van der Waals surface area contributed by atoms with E-state index >= 15 is 0 Å². The number of phosphoric ester groups is 1. The molecule has 1 N–H and O–H groups in total. The average molecular weight is 460 g/mol. The molecular weight excluding hydrogens is 409 g/mol. The van der Waals surface area contributed by atoms with Crippen molar-refractivity contribution < 1.29 is 18.5 Å². The van der Waals surface area contributed by atoms with Crippen LogP contribution in [-0.4, -0.2) is 42.6 Å². The van der Waals surface area contributed by atoms with E-state index in [1.807, 2.05) is 0 Å². The monoisotopic (exact) mass is 459 g/mol. The van der Waals surface area contributed by atoms with Gasteiger partial charge in [0.1, 0.15) is 0 Å². The number of unbranched alkanes of at least 4 members (excludes halogenated alkanes) is 12. The van der Waals surface area contributed by atoms with Gasteiger partial charge in [-0.25, -0.2) is 4.57 Å². The number of piperidine rings is 1. The lowest BCUT2D eigenvalue weighted by molar-refractivity contribution is 0.123. The summed E-state index contributed by atoms with van der Waals surface area (Å²) in [6.45, 7) is 5.67. The van der Waals surface area contributed by atoms with E-state index in [0.29, 0.717) is 13.2 Å². The zero-order valence-corrected chi connectivity index (χ0v) is 21.2. The summed E-state index contributed by atoms with van der Waals surface area (Å²) in [4.78, 5) is 12.0. The fourth-order valence-corrected chi connectivity index (χ4v) is 4.78. The van der Waals surface area contributed by atoms with Crippen molar-refractivity contribution in [3.05, 3.63) is 12.2 Å². The summed E-state index contributed by atoms with van der Waals surface area (Å²) in [5.41, 5.74) is 0. The molecule has 0 amide bonds. The molecule has 0 aromatic carbocycles. The lowest BCUT2D eigenvalue weighted by Gasteiger charge is -2.26. The van der Waals surface area contributed by atoms with Gasteiger partial charge in [0.25, 0.3) is 0 Å². The molecule has 1 rings (SSSR count). The van der Waals surface area contributed by atoms with Gasteiger partial charge < -0.3 is 9.79 Å². The van der Waals surface area contributed by atoms with E-state index in [2.05, 4.69) is 24.0 Å². The van der Waals surface area contributed by atoms with Gasteiger partial charge in [0.15, 0.2) is 0 Å². The van der Waals surface area contributed by atoms with Crippen molar-refractivity contribution in [2.75, 3.05) is 32.8 Å². The fourth-order valence-electron chi connectivity index (χ4n) is 4.04. The van der Waals surface area contributed by atoms with Crippen LogP contribution in [0.5, 0.6) is 0 Å². The second kappa shape index (κ2) is 20.4. The molecule has 1 heterocycles. The van der Waals surface area contributed by atoms with Crippen molar-refractivity contribution >= 4 is 7.82 Å². The van der Waals surface area contributed by atoms with Gasteiger partial charge in [-0.3, -0.25) is 9.05 Å². The smallest absolute Gasteiger partial charge is 0.302 e. The summed E-state index contributed by atoms with van der Waals surface area (Å²) in [6, 6.07) is 0. The minimum absolute atomic E-state index is 0.265. The lowest BCUT2D eigenvalue weighted by Crippen LogP contribution is -2.32. The van der Waals surface area contributed by atoms with E-state index in [4.69, 9.17) is 9.05 Å². The Morgan fingerprint density at radius 2 is 1.26 bits per heavy atom. The van der Waals surface area contributed by atoms with Crippen molar-refractivity contribution in [2.45, 2.75) is 116 Å². The molecule has 1 aliphatic heterocycles. The summed E-state index contributed by atoms with van der Waals surface area (Å²) < 4.78 is 22.1. The van der Waals surface area contributed by atoms with Crippen molar-refractivity contribution in [3.8, 4) is 0 Å². The highest BCUT2D eigenvalue weighted by Crippen LogP contribution is 2.43. The van der Waals surface area contributed by atoms with Crippen molar-refractivity contribution in [1.29, 1.82) is 0 Å². The molecule has 184 valence electrons. The second-order valence-corrected chi connectivity index (χ2v) is 10.4. The maximum atomic E-state index is 11.9. The van der Waals surface area contributed by atoms with Crippen LogP contribution in [0.2, 0.25) is 0 Å². The first-order valence-electron chi connectivity index (χ1n) is 13.1. The summed E-state index contributed by atoms with van der Waals surface area (Å²) in [6.07, 6.45) is 25.9. The molecule has 0 bridgehead atoms. The Morgan fingerprint density at radius 3 is 1.87 bits per heavy atom. The van der Waals surface area contributed by atoms with Crippen LogP contribution in [0.3, 0.4) is 0 Å². The van der Waals surface area contributed by atoms with Crippen molar-refractivity contribution in [2.24, 2.45) is 0 Å². The van der Waals surface area contributed by atoms with E-state index in [9.17, 15) is 9.46 Å². The van der Waals surface area contributed by atoms with Crippen LogP contribution in [0.15, 0.2) is 12.2 Å². The number of hydrogen-bond acceptors (Lipinski definition) is 4. The third-order valence-corrected chi connectivity index (χ3v) is 7.04. The van der Waals surface area contributed by atoms with Crippen LogP contribution >= 0.6 is 7.82 Å². The molecular formula is C25H50NO4P. The summed E-state index contributed by atoms with van der Waals surface area (Å²) in [5, 5.41) is 0. The Morgan fingerprint density at radius 1 is 0.742 bits per heavy atom. The molecule has 1 saturated heterocycles. The Bertz CT molecular complexity index is 466. The fraction of sp³-hybridized carbons (Fsp3) is 0.920. The second-order valence-electron chi connectivity index (χ2n) is 8.98. The number of allylic oxidation sites excluding steroid dienone is 2. The zero-order valence-electron chi connectivity index (χ0n) is 20.3. The molecule has 0 aromatic heterocycles. The van der Waals surface area contributed by atoms with Gasteiger partial charge in [0.05, 0.1) is 13.2 Å². The van der Waals surface area contributed by atoms with E-state index < -0.39 is 7.82 Å². The summed E-state index contributed by atoms with van der Waals surface area (Å²) >= 11 is 0. The van der Waals surface area contributed by atoms with Crippen LogP contribution in [0.4, 0.5) is 0 Å². The first kappa shape index (κ1) is 28.8. The number of rotatable bonds is 21. The molecule has 31 heavy (non-hydrogen) atoms. The topological polar surface area (TPSA) is 59.0 Å². The van der Waals surface area contributed by atoms with E-state index in [1.54, 1.807) is 0 Å². The van der Waals surface area contributed by atoms with Crippen LogP contribution < -0.4 is 0 Å². The average Bonchev–Trinajstić information content (AvgIpc) is 2.76. The molecule has 1 aliphatic rings. The van der Waals surface area contributed by atoms with Crippen LogP contribution in [0, 0.1) is 0 Å². The van der Waals surface area contributed by atoms with Gasteiger partial charge in [-0.1, -0.05) is 83.3 Å². The molecule has 0 radical (unpaired) electrons. The van der Waals surface area contributed by atoms with Gasteiger partial charge >= 0.3 is 7.82 Å². The normalized spacial score (nSPS) is 17.4. The molecule has 0 aromatic rings. The van der Waals surface area contributed by atoms with Gasteiger partial charge in [-0.05, 0) is 58.0 Å². The van der Waals surface area contributed by atoms with Gasteiger partial charge in [-0.15, -0.1) is 0 Å². The zero-order chi connectivity index (χ0) is 22.5. The van der Waals surface area contributed by atoms with Gasteiger partial charge in [-0.2, -0.15) is 0 Å². The van der Waals surface area contributed by atoms with Crippen molar-refractivity contribution in [3.63, 3.8) is 0 Å². The SMILES string of the molecule is CCCCCCCCC=CCCCCCCCCOP(=O)(O)OCCN1CCCCC1. The van der Waals surface area contributed by atoms with E-state index in [0.717, 1.165) is 32.4 Å². The minimum Gasteiger partial charge on any atom is -0.302 e. The molecule has 6 heteroatoms. The highest BCUT2D eigenvalue weighted by atomic mass is 31.2. The number of hydrogen-bond donors (Lipinski definition) is 1. The van der Waals surface area contributed by atoms with Crippen LogP contribution in [-0.2, 0) is 13.6 Å². The Labute approximate surface area is 192 Å². The minimum atomic E-state index is -3.88. The summed E-state index contributed by atoms with van der Waals surface area (Å²) in [5.74, 6) is 0. The first-order valence-corrected chi connectivity index (χ1v) is 14.6. The highest BCUT2D eigenvalue weighted by Gasteiger charge is 2.21. The first-order chi connectivity index (χ1) is 15.1. The third kappa shape index (κ3) is 19.0. The number of likely N-dealkylation sites (tertiary alicyclic amines) is 1. The van der Waals surface area contributed by atoms with Gasteiger partial charge in [0.2, 0.25) is 0 Å². The largest absolute Gasteiger partial charge is 0.472 e. The molecule has 0 aliphatic carbocycles. The predicted octanol–water partition coefficient (Wildman–Crippen LogP) is 7.64. The molecule has 5 nitrogen and oxygen atoms in total. The predicted molar refractivity (Wildman–Crippen MR) is 131 cm³/mol. The Hall–Kier alpha value is -0.190. The molecule has 1 atom stereocenters. The quantitative estimate of drug-likeness (QED) is 0.109. The number of nitrogens with zero attached hydrogens (tertiary/aromatic N) is 1. The van der Waals surface area contributed by atoms with Crippen LogP contribution in [0.1, 0.15) is 116 Å². The van der Waals surface area contributed by atoms with Crippen molar-refractivity contribution in [1.82, 2.24) is 4.90 Å². The molecule has 1 unspecified atom stereocenters. The molecule has 0 saturated carbocycles. The standard InChI is InChI=1S/C25H50NO4P/c1-2-3-4-5-6-7-8-9-10-11-12-13-14-15-16-20-24-29-31(27,28)30-25-23-26-21-18-17-19-22-26/h9-10H,2-8,11-25H2,1H3,(H,27,28). The van der Waals surface area contributed by atoms with E-state index in [1.165, 1.54) is 89.9 Å². The maximum Gasteiger partial charge on any atom is 0.472 e. The Balaban J connectivity index is 1.81. The van der Waals surface area contributed by atoms with E-state index in [-0.39, 0.29) is 6.61 Å². The van der Waals surface area contributed by atoms with Gasteiger partial charge in [0, 0.05) is 6.54 Å². The summed E-state index contributed by atoms with van der Waals surface area (Å²) in [7, 11) is -3.88. The third-order valence-electron chi connectivity index (χ3n) is 6.02.